The molecule has 1 saturated heterocycles. The fraction of sp³-hybridized carbons (Fsp3) is 0.227. The lowest BCUT2D eigenvalue weighted by molar-refractivity contribution is 0.122. The van der Waals surface area contributed by atoms with Gasteiger partial charge in [-0.3, -0.25) is 0 Å². The zero-order chi connectivity index (χ0) is 23.5. The maximum Gasteiger partial charge on any atom is 0.245 e. The molecule has 0 atom stereocenters. The second kappa shape index (κ2) is 9.95. The van der Waals surface area contributed by atoms with Crippen LogP contribution in [0.1, 0.15) is 11.1 Å². The summed E-state index contributed by atoms with van der Waals surface area (Å²) in [4.78, 5) is 9.86. The van der Waals surface area contributed by atoms with Gasteiger partial charge in [0.1, 0.15) is 13.6 Å². The molecule has 0 saturated carbocycles. The number of aromatic hydroxyl groups is 1. The first-order chi connectivity index (χ1) is 15.9. The van der Waals surface area contributed by atoms with Gasteiger partial charge in [0.2, 0.25) is 5.95 Å². The summed E-state index contributed by atoms with van der Waals surface area (Å²) in [5, 5.41) is 15.2. The van der Waals surface area contributed by atoms with Gasteiger partial charge in [-0.1, -0.05) is 46.9 Å². The molecular formula is C22H19BCl2FN5O2. The predicted molar refractivity (Wildman–Crippen MR) is 130 cm³/mol. The van der Waals surface area contributed by atoms with Gasteiger partial charge in [0.25, 0.3) is 0 Å². The Balaban J connectivity index is 1.58. The lowest BCUT2D eigenvalue weighted by atomic mass is 9.84. The van der Waals surface area contributed by atoms with Crippen molar-refractivity contribution >= 4 is 54.5 Å². The molecule has 3 aromatic rings. The number of rotatable bonds is 5. The first-order valence-electron chi connectivity index (χ1n) is 10.1. The molecular weight excluding hydrogens is 467 g/mol. The number of hydrogen-bond acceptors (Lipinski definition) is 7. The van der Waals surface area contributed by atoms with Gasteiger partial charge < -0.3 is 14.7 Å². The first-order valence-corrected chi connectivity index (χ1v) is 10.8. The lowest BCUT2D eigenvalue weighted by Gasteiger charge is -2.27. The number of aryl methyl sites for hydroxylation is 1. The minimum atomic E-state index is -0.533. The van der Waals surface area contributed by atoms with Crippen LogP contribution in [0.3, 0.4) is 0 Å². The quantitative estimate of drug-likeness (QED) is 0.326. The molecule has 0 spiro atoms. The lowest BCUT2D eigenvalue weighted by Crippen LogP contribution is -2.37. The van der Waals surface area contributed by atoms with E-state index in [1.807, 2.05) is 19.1 Å². The summed E-state index contributed by atoms with van der Waals surface area (Å²) in [6.07, 6.45) is 2.39. The maximum atomic E-state index is 14.2. The van der Waals surface area contributed by atoms with E-state index in [1.165, 1.54) is 12.3 Å². The van der Waals surface area contributed by atoms with Crippen LogP contribution in [0.4, 0.5) is 16.2 Å². The summed E-state index contributed by atoms with van der Waals surface area (Å²) in [5.41, 5.74) is 5.19. The molecule has 11 heteroatoms. The molecule has 1 aliphatic rings. The van der Waals surface area contributed by atoms with Gasteiger partial charge in [0.05, 0.1) is 30.6 Å². The highest BCUT2D eigenvalue weighted by Crippen LogP contribution is 2.39. The Morgan fingerprint density at radius 2 is 2.03 bits per heavy atom. The molecule has 0 amide bonds. The van der Waals surface area contributed by atoms with Crippen molar-refractivity contribution in [1.82, 2.24) is 9.97 Å². The van der Waals surface area contributed by atoms with E-state index in [4.69, 9.17) is 35.8 Å². The molecule has 2 heterocycles. The third-order valence-corrected chi connectivity index (χ3v) is 5.86. The van der Waals surface area contributed by atoms with Crippen molar-refractivity contribution in [2.24, 2.45) is 5.10 Å². The molecule has 2 N–H and O–H groups in total. The van der Waals surface area contributed by atoms with Crippen molar-refractivity contribution in [2.75, 3.05) is 36.6 Å². The van der Waals surface area contributed by atoms with E-state index < -0.39 is 5.82 Å². The Labute approximate surface area is 201 Å². The Kier molecular flexibility index (Phi) is 7.02. The summed E-state index contributed by atoms with van der Waals surface area (Å²) in [6, 6.07) is 6.96. The van der Waals surface area contributed by atoms with Crippen molar-refractivity contribution in [3.63, 3.8) is 0 Å². The molecule has 1 aliphatic heterocycles. The monoisotopic (exact) mass is 485 g/mol. The van der Waals surface area contributed by atoms with Crippen LogP contribution in [-0.2, 0) is 4.74 Å². The van der Waals surface area contributed by atoms with Crippen molar-refractivity contribution in [3.8, 4) is 16.9 Å². The largest absolute Gasteiger partial charge is 0.506 e. The molecule has 0 unspecified atom stereocenters. The Morgan fingerprint density at radius 3 is 2.76 bits per heavy atom. The number of nitrogens with zero attached hydrogens (tertiary/aromatic N) is 4. The molecule has 7 nitrogen and oxygen atoms in total. The molecule has 33 heavy (non-hydrogen) atoms. The Hall–Kier alpha value is -2.88. The minimum absolute atomic E-state index is 0.0558. The summed E-state index contributed by atoms with van der Waals surface area (Å²) < 4.78 is 19.5. The maximum absolute atomic E-state index is 14.2. The molecule has 168 valence electrons. The van der Waals surface area contributed by atoms with Crippen molar-refractivity contribution in [1.29, 1.82) is 0 Å². The molecule has 1 fully saturated rings. The van der Waals surface area contributed by atoms with E-state index in [0.717, 1.165) is 11.8 Å². The zero-order valence-corrected chi connectivity index (χ0v) is 19.2. The number of hydrogen-bond donors (Lipinski definition) is 2. The van der Waals surface area contributed by atoms with Crippen molar-refractivity contribution in [3.05, 3.63) is 57.5 Å². The van der Waals surface area contributed by atoms with Gasteiger partial charge in [-0.05, 0) is 24.1 Å². The number of morpholine rings is 1. The summed E-state index contributed by atoms with van der Waals surface area (Å²) in [6.45, 7) is 3.92. The van der Waals surface area contributed by atoms with Crippen molar-refractivity contribution in [2.45, 2.75) is 6.92 Å². The van der Waals surface area contributed by atoms with Gasteiger partial charge in [-0.15, -0.1) is 0 Å². The molecule has 0 bridgehead atoms. The fourth-order valence-corrected chi connectivity index (χ4v) is 4.18. The highest BCUT2D eigenvalue weighted by molar-refractivity contribution is 6.44. The Morgan fingerprint density at radius 1 is 1.27 bits per heavy atom. The standard InChI is InChI=1S/C22H19BCl2FN5O2/c1-12-3-2-4-15(24)17(12)18-14(23)9-13(20(32)19(18)25)10-28-30-22-27-11-16(26)21(29-22)31-5-7-33-8-6-31/h2-4,9-11,32H,5-8H2,1H3,(H,27,29,30)/b28-10-. The number of nitrogens with one attached hydrogen (secondary N) is 1. The zero-order valence-electron chi connectivity index (χ0n) is 17.6. The van der Waals surface area contributed by atoms with Crippen LogP contribution in [0.5, 0.6) is 5.75 Å². The average molecular weight is 486 g/mol. The highest BCUT2D eigenvalue weighted by Gasteiger charge is 2.19. The van der Waals surface area contributed by atoms with Gasteiger partial charge >= 0.3 is 0 Å². The van der Waals surface area contributed by atoms with Gasteiger partial charge in [-0.25, -0.2) is 14.8 Å². The number of halogens is 3. The average Bonchev–Trinajstić information content (AvgIpc) is 2.80. The topological polar surface area (TPSA) is 82.9 Å². The highest BCUT2D eigenvalue weighted by atomic mass is 35.5. The Bertz CT molecular complexity index is 1200. The minimum Gasteiger partial charge on any atom is -0.506 e. The van der Waals surface area contributed by atoms with Gasteiger partial charge in [0.15, 0.2) is 11.6 Å². The second-order valence-electron chi connectivity index (χ2n) is 7.36. The molecule has 2 aromatic carbocycles. The summed E-state index contributed by atoms with van der Waals surface area (Å²) >= 11 is 12.8. The van der Waals surface area contributed by atoms with Crippen LogP contribution in [0, 0.1) is 12.7 Å². The van der Waals surface area contributed by atoms with Crippen LogP contribution in [0.25, 0.3) is 11.1 Å². The predicted octanol–water partition coefficient (Wildman–Crippen LogP) is 3.68. The van der Waals surface area contributed by atoms with Crippen LogP contribution in [0.2, 0.25) is 10.0 Å². The number of anilines is 2. The smallest absolute Gasteiger partial charge is 0.245 e. The SMILES string of the molecule is [B]c1cc(/C=N\Nc2ncc(F)c(N3CCOCC3)n2)c(O)c(Cl)c1-c1c(C)cccc1Cl. The number of benzene rings is 2. The number of hydrazone groups is 1. The van der Waals surface area contributed by atoms with Crippen LogP contribution in [-0.4, -0.2) is 55.4 Å². The van der Waals surface area contributed by atoms with E-state index in [0.29, 0.717) is 47.9 Å². The van der Waals surface area contributed by atoms with E-state index >= 15 is 0 Å². The van der Waals surface area contributed by atoms with E-state index in [2.05, 4.69) is 20.5 Å². The number of aromatic nitrogens is 2. The van der Waals surface area contributed by atoms with Crippen molar-refractivity contribution < 1.29 is 14.2 Å². The third kappa shape index (κ3) is 4.90. The third-order valence-electron chi connectivity index (χ3n) is 5.18. The van der Waals surface area contributed by atoms with Gasteiger partial charge in [-0.2, -0.15) is 10.1 Å². The van der Waals surface area contributed by atoms with E-state index in [1.54, 1.807) is 11.0 Å². The van der Waals surface area contributed by atoms with Gasteiger partial charge in [0, 0.05) is 29.2 Å². The van der Waals surface area contributed by atoms with E-state index in [-0.39, 0.29) is 28.1 Å². The van der Waals surface area contributed by atoms with Crippen LogP contribution >= 0.6 is 23.2 Å². The summed E-state index contributed by atoms with van der Waals surface area (Å²) in [5.74, 6) is -0.481. The van der Waals surface area contributed by atoms with Crippen LogP contribution in [0.15, 0.2) is 35.6 Å². The molecule has 2 radical (unpaired) electrons. The fourth-order valence-electron chi connectivity index (χ4n) is 3.55. The first kappa shape index (κ1) is 23.3. The molecule has 0 aliphatic carbocycles. The summed E-state index contributed by atoms with van der Waals surface area (Å²) in [7, 11) is 6.24. The normalized spacial score (nSPS) is 14.1. The van der Waals surface area contributed by atoms with Crippen LogP contribution < -0.4 is 15.8 Å². The second-order valence-corrected chi connectivity index (χ2v) is 8.14. The number of phenolic OH excluding ortho intramolecular Hbond substituents is 1. The molecule has 1 aromatic heterocycles. The molecule has 4 rings (SSSR count). The van der Waals surface area contributed by atoms with E-state index in [9.17, 15) is 9.50 Å². The number of phenols is 1. The number of ether oxygens (including phenoxy) is 1.